The Balaban J connectivity index is 1.77. The summed E-state index contributed by atoms with van der Waals surface area (Å²) in [4.78, 5) is 6.93. The zero-order valence-corrected chi connectivity index (χ0v) is 10.6. The summed E-state index contributed by atoms with van der Waals surface area (Å²) in [5.41, 5.74) is 7.53. The van der Waals surface area contributed by atoms with Crippen LogP contribution >= 0.6 is 0 Å². The number of nitrogens with zero attached hydrogens (tertiary/aromatic N) is 2. The topological polar surface area (TPSA) is 42.1 Å². The largest absolute Gasteiger partial charge is 0.397 e. The molecule has 0 amide bonds. The Labute approximate surface area is 104 Å². The highest BCUT2D eigenvalue weighted by Crippen LogP contribution is 2.11. The average molecular weight is 233 g/mol. The van der Waals surface area contributed by atoms with Crippen molar-refractivity contribution in [2.75, 3.05) is 25.4 Å². The second-order valence-corrected chi connectivity index (χ2v) is 4.94. The molecule has 1 aliphatic heterocycles. The van der Waals surface area contributed by atoms with Gasteiger partial charge in [-0.3, -0.25) is 4.98 Å². The Bertz CT molecular complexity index is 313. The highest BCUT2D eigenvalue weighted by Gasteiger charge is 2.08. The highest BCUT2D eigenvalue weighted by atomic mass is 15.1. The van der Waals surface area contributed by atoms with Crippen molar-refractivity contribution < 1.29 is 0 Å². The van der Waals surface area contributed by atoms with Gasteiger partial charge in [0, 0.05) is 18.7 Å². The Morgan fingerprint density at radius 1 is 1.06 bits per heavy atom. The minimum Gasteiger partial charge on any atom is -0.397 e. The minimum atomic E-state index is 0.750. The van der Waals surface area contributed by atoms with Crippen LogP contribution in [0.5, 0.6) is 0 Å². The third kappa shape index (κ3) is 4.35. The molecule has 0 aromatic carbocycles. The average Bonchev–Trinajstić information content (AvgIpc) is 2.30. The normalized spacial score (nSPS) is 18.6. The summed E-state index contributed by atoms with van der Waals surface area (Å²) in [7, 11) is 0. The predicted molar refractivity (Wildman–Crippen MR) is 71.9 cm³/mol. The number of hydrogen-bond donors (Lipinski definition) is 1. The molecule has 0 atom stereocenters. The second-order valence-electron chi connectivity index (χ2n) is 4.94. The lowest BCUT2D eigenvalue weighted by molar-refractivity contribution is 0.250. The quantitative estimate of drug-likeness (QED) is 0.872. The van der Waals surface area contributed by atoms with Crippen LogP contribution in [0.2, 0.25) is 0 Å². The molecular weight excluding hydrogens is 210 g/mol. The molecular formula is C14H23N3. The third-order valence-electron chi connectivity index (χ3n) is 3.48. The standard InChI is InChI=1S/C14H23N3/c15-13-6-7-14(16-12-13)8-11-17-9-4-2-1-3-5-10-17/h6-7,12H,1-5,8-11,15H2. The zero-order valence-electron chi connectivity index (χ0n) is 10.6. The number of anilines is 1. The van der Waals surface area contributed by atoms with Crippen molar-refractivity contribution in [2.45, 2.75) is 38.5 Å². The molecule has 0 bridgehead atoms. The van der Waals surface area contributed by atoms with Gasteiger partial charge < -0.3 is 10.6 Å². The summed E-state index contributed by atoms with van der Waals surface area (Å²) in [5.74, 6) is 0. The molecule has 3 heteroatoms. The van der Waals surface area contributed by atoms with E-state index in [0.29, 0.717) is 0 Å². The van der Waals surface area contributed by atoms with E-state index in [4.69, 9.17) is 5.73 Å². The van der Waals surface area contributed by atoms with Gasteiger partial charge in [0.25, 0.3) is 0 Å². The molecule has 1 aliphatic rings. The van der Waals surface area contributed by atoms with Crippen molar-refractivity contribution in [1.82, 2.24) is 9.88 Å². The monoisotopic (exact) mass is 233 g/mol. The van der Waals surface area contributed by atoms with Gasteiger partial charge in [0.1, 0.15) is 0 Å². The lowest BCUT2D eigenvalue weighted by atomic mass is 10.1. The maximum Gasteiger partial charge on any atom is 0.0501 e. The van der Waals surface area contributed by atoms with Gasteiger partial charge in [-0.2, -0.15) is 0 Å². The van der Waals surface area contributed by atoms with Crippen LogP contribution in [0.15, 0.2) is 18.3 Å². The van der Waals surface area contributed by atoms with Gasteiger partial charge >= 0.3 is 0 Å². The van der Waals surface area contributed by atoms with Crippen molar-refractivity contribution in [3.05, 3.63) is 24.0 Å². The molecule has 2 N–H and O–H groups in total. The third-order valence-corrected chi connectivity index (χ3v) is 3.48. The fourth-order valence-corrected chi connectivity index (χ4v) is 2.39. The first kappa shape index (κ1) is 12.4. The molecule has 94 valence electrons. The summed E-state index contributed by atoms with van der Waals surface area (Å²) >= 11 is 0. The SMILES string of the molecule is Nc1ccc(CCN2CCCCCCC2)nc1. The van der Waals surface area contributed by atoms with E-state index in [-0.39, 0.29) is 0 Å². The van der Waals surface area contributed by atoms with Crippen LogP contribution in [0, 0.1) is 0 Å². The minimum absolute atomic E-state index is 0.750. The lowest BCUT2D eigenvalue weighted by Gasteiger charge is -2.24. The Morgan fingerprint density at radius 3 is 2.41 bits per heavy atom. The zero-order chi connectivity index (χ0) is 11.9. The van der Waals surface area contributed by atoms with Crippen LogP contribution in [-0.4, -0.2) is 29.5 Å². The van der Waals surface area contributed by atoms with Crippen LogP contribution in [-0.2, 0) is 6.42 Å². The second kappa shape index (κ2) is 6.60. The Morgan fingerprint density at radius 2 is 1.76 bits per heavy atom. The van der Waals surface area contributed by atoms with E-state index in [1.807, 2.05) is 12.1 Å². The molecule has 0 radical (unpaired) electrons. The molecule has 2 heterocycles. The van der Waals surface area contributed by atoms with E-state index in [0.717, 1.165) is 24.3 Å². The Hall–Kier alpha value is -1.09. The van der Waals surface area contributed by atoms with E-state index in [1.54, 1.807) is 6.20 Å². The maximum atomic E-state index is 5.63. The molecule has 1 aromatic rings. The van der Waals surface area contributed by atoms with E-state index >= 15 is 0 Å². The lowest BCUT2D eigenvalue weighted by Crippen LogP contribution is -2.29. The molecule has 0 aliphatic carbocycles. The molecule has 0 unspecified atom stereocenters. The van der Waals surface area contributed by atoms with Crippen LogP contribution in [0.1, 0.15) is 37.8 Å². The number of rotatable bonds is 3. The van der Waals surface area contributed by atoms with E-state index in [9.17, 15) is 0 Å². The summed E-state index contributed by atoms with van der Waals surface area (Å²) in [6.45, 7) is 3.65. The van der Waals surface area contributed by atoms with Gasteiger partial charge in [0.2, 0.25) is 0 Å². The number of likely N-dealkylation sites (tertiary alicyclic amines) is 1. The molecule has 1 aromatic heterocycles. The van der Waals surface area contributed by atoms with E-state index in [2.05, 4.69) is 9.88 Å². The first-order valence-electron chi connectivity index (χ1n) is 6.77. The Kier molecular flexibility index (Phi) is 4.80. The van der Waals surface area contributed by atoms with Crippen LogP contribution in [0.25, 0.3) is 0 Å². The molecule has 1 saturated heterocycles. The van der Waals surface area contributed by atoms with E-state index < -0.39 is 0 Å². The summed E-state index contributed by atoms with van der Waals surface area (Å²) in [5, 5.41) is 0. The van der Waals surface area contributed by atoms with Crippen LogP contribution < -0.4 is 5.73 Å². The maximum absolute atomic E-state index is 5.63. The number of hydrogen-bond acceptors (Lipinski definition) is 3. The summed E-state index contributed by atoms with van der Waals surface area (Å²) in [6.07, 6.45) is 9.73. The first-order chi connectivity index (χ1) is 8.34. The summed E-state index contributed by atoms with van der Waals surface area (Å²) < 4.78 is 0. The van der Waals surface area contributed by atoms with Crippen LogP contribution in [0.4, 0.5) is 5.69 Å². The van der Waals surface area contributed by atoms with Crippen molar-refractivity contribution in [3.8, 4) is 0 Å². The number of pyridine rings is 1. The van der Waals surface area contributed by atoms with Crippen molar-refractivity contribution in [2.24, 2.45) is 0 Å². The van der Waals surface area contributed by atoms with Crippen molar-refractivity contribution >= 4 is 5.69 Å². The fourth-order valence-electron chi connectivity index (χ4n) is 2.39. The summed E-state index contributed by atoms with van der Waals surface area (Å²) in [6, 6.07) is 3.98. The molecule has 17 heavy (non-hydrogen) atoms. The number of nitrogens with two attached hydrogens (primary N) is 1. The van der Waals surface area contributed by atoms with Crippen molar-refractivity contribution in [1.29, 1.82) is 0 Å². The number of nitrogen functional groups attached to an aromatic ring is 1. The smallest absolute Gasteiger partial charge is 0.0501 e. The van der Waals surface area contributed by atoms with Gasteiger partial charge in [-0.15, -0.1) is 0 Å². The molecule has 0 spiro atoms. The van der Waals surface area contributed by atoms with Crippen LogP contribution in [0.3, 0.4) is 0 Å². The highest BCUT2D eigenvalue weighted by molar-refractivity contribution is 5.34. The first-order valence-corrected chi connectivity index (χ1v) is 6.77. The van der Waals surface area contributed by atoms with Gasteiger partial charge in [0.15, 0.2) is 0 Å². The molecule has 2 rings (SSSR count). The fraction of sp³-hybridized carbons (Fsp3) is 0.643. The van der Waals surface area contributed by atoms with E-state index in [1.165, 1.54) is 45.2 Å². The van der Waals surface area contributed by atoms with Crippen molar-refractivity contribution in [3.63, 3.8) is 0 Å². The molecule has 1 fully saturated rings. The molecule has 3 nitrogen and oxygen atoms in total. The van der Waals surface area contributed by atoms with Gasteiger partial charge in [0.05, 0.1) is 11.9 Å². The van der Waals surface area contributed by atoms with Gasteiger partial charge in [-0.05, 0) is 38.1 Å². The molecule has 0 saturated carbocycles. The number of aromatic nitrogens is 1. The van der Waals surface area contributed by atoms with Gasteiger partial charge in [-0.1, -0.05) is 19.3 Å². The predicted octanol–water partition coefficient (Wildman–Crippen LogP) is 2.47. The van der Waals surface area contributed by atoms with Gasteiger partial charge in [-0.25, -0.2) is 0 Å².